The maximum absolute atomic E-state index is 13.2. The second-order valence-electron chi connectivity index (χ2n) is 8.77. The number of carbonyl (C=O) groups is 2. The van der Waals surface area contributed by atoms with Crippen molar-refractivity contribution in [1.82, 2.24) is 15.2 Å². The minimum absolute atomic E-state index is 0.0285. The van der Waals surface area contributed by atoms with Crippen LogP contribution < -0.4 is 5.32 Å². The number of aromatic nitrogens is 1. The van der Waals surface area contributed by atoms with E-state index in [2.05, 4.69) is 5.32 Å². The number of nitrogens with zero attached hydrogens (tertiary/aromatic N) is 2. The van der Waals surface area contributed by atoms with Crippen molar-refractivity contribution in [2.24, 2.45) is 0 Å². The van der Waals surface area contributed by atoms with Crippen LogP contribution >= 0.6 is 0 Å². The van der Waals surface area contributed by atoms with Crippen LogP contribution in [0.25, 0.3) is 0 Å². The summed E-state index contributed by atoms with van der Waals surface area (Å²) >= 11 is 0. The van der Waals surface area contributed by atoms with E-state index in [9.17, 15) is 14.0 Å². The predicted molar refractivity (Wildman–Crippen MR) is 118 cm³/mol. The van der Waals surface area contributed by atoms with E-state index in [-0.39, 0.29) is 29.6 Å². The van der Waals surface area contributed by atoms with Gasteiger partial charge in [-0.3, -0.25) is 14.6 Å². The molecule has 31 heavy (non-hydrogen) atoms. The number of rotatable bonds is 4. The molecule has 1 saturated carbocycles. The Hall–Kier alpha value is -2.76. The van der Waals surface area contributed by atoms with Crippen LogP contribution in [0, 0.1) is 12.7 Å². The standard InChI is InChI=1S/C25H30FN3O2/c1-17-7-12-22(24(30)28-21-5-3-2-4-6-21)23(27-17)18-13-15-29(16-14-18)25(31)19-8-10-20(26)11-9-19/h7-12,18,21H,2-6,13-16H2,1H3,(H,28,30). The molecule has 2 fully saturated rings. The first kappa shape index (κ1) is 21.5. The van der Waals surface area contributed by atoms with Crippen LogP contribution in [0.4, 0.5) is 4.39 Å². The van der Waals surface area contributed by atoms with Gasteiger partial charge in [-0.15, -0.1) is 0 Å². The van der Waals surface area contributed by atoms with Crippen LogP contribution in [0.3, 0.4) is 0 Å². The summed E-state index contributed by atoms with van der Waals surface area (Å²) in [6, 6.07) is 9.73. The number of pyridine rings is 1. The number of piperidine rings is 1. The summed E-state index contributed by atoms with van der Waals surface area (Å²) in [6.45, 7) is 3.14. The topological polar surface area (TPSA) is 62.3 Å². The lowest BCUT2D eigenvalue weighted by atomic mass is 9.89. The summed E-state index contributed by atoms with van der Waals surface area (Å²) in [5.41, 5.74) is 2.91. The van der Waals surface area contributed by atoms with Crippen LogP contribution in [0.2, 0.25) is 0 Å². The first-order chi connectivity index (χ1) is 15.0. The molecule has 6 heteroatoms. The Kier molecular flexibility index (Phi) is 6.64. The molecule has 1 N–H and O–H groups in total. The number of hydrogen-bond donors (Lipinski definition) is 1. The SMILES string of the molecule is Cc1ccc(C(=O)NC2CCCCC2)c(C2CCN(C(=O)c3ccc(F)cc3)CC2)n1. The second-order valence-corrected chi connectivity index (χ2v) is 8.77. The molecule has 5 nitrogen and oxygen atoms in total. The third kappa shape index (κ3) is 5.12. The number of nitrogens with one attached hydrogen (secondary N) is 1. The molecule has 1 aliphatic heterocycles. The summed E-state index contributed by atoms with van der Waals surface area (Å²) in [5.74, 6) is -0.311. The molecule has 4 rings (SSSR count). The molecule has 0 radical (unpaired) electrons. The van der Waals surface area contributed by atoms with Crippen LogP contribution in [0.15, 0.2) is 36.4 Å². The third-order valence-electron chi connectivity index (χ3n) is 6.51. The van der Waals surface area contributed by atoms with Crippen molar-refractivity contribution in [2.45, 2.75) is 63.8 Å². The van der Waals surface area contributed by atoms with Crippen LogP contribution in [-0.2, 0) is 0 Å². The van der Waals surface area contributed by atoms with E-state index >= 15 is 0 Å². The number of hydrogen-bond acceptors (Lipinski definition) is 3. The zero-order valence-electron chi connectivity index (χ0n) is 18.1. The number of amides is 2. The van der Waals surface area contributed by atoms with Gasteiger partial charge in [-0.1, -0.05) is 19.3 Å². The number of aryl methyl sites for hydroxylation is 1. The second kappa shape index (κ2) is 9.58. The Morgan fingerprint density at radius 3 is 2.32 bits per heavy atom. The van der Waals surface area contributed by atoms with E-state index < -0.39 is 0 Å². The Labute approximate surface area is 183 Å². The van der Waals surface area contributed by atoms with E-state index in [4.69, 9.17) is 4.98 Å². The lowest BCUT2D eigenvalue weighted by Crippen LogP contribution is -2.39. The summed E-state index contributed by atoms with van der Waals surface area (Å²) in [4.78, 5) is 32.3. The van der Waals surface area contributed by atoms with E-state index in [0.717, 1.165) is 37.1 Å². The molecule has 1 aromatic carbocycles. The molecule has 0 atom stereocenters. The largest absolute Gasteiger partial charge is 0.349 e. The van der Waals surface area contributed by atoms with E-state index in [1.165, 1.54) is 43.5 Å². The monoisotopic (exact) mass is 423 g/mol. The van der Waals surface area contributed by atoms with Gasteiger partial charge in [-0.2, -0.15) is 0 Å². The molecular formula is C25H30FN3O2. The van der Waals surface area contributed by atoms with Crippen molar-refractivity contribution in [2.75, 3.05) is 13.1 Å². The van der Waals surface area contributed by atoms with Crippen molar-refractivity contribution in [3.63, 3.8) is 0 Å². The Morgan fingerprint density at radius 1 is 0.968 bits per heavy atom. The quantitative estimate of drug-likeness (QED) is 0.781. The van der Waals surface area contributed by atoms with Crippen LogP contribution in [0.1, 0.15) is 83.0 Å². The molecule has 2 aliphatic rings. The van der Waals surface area contributed by atoms with E-state index in [1.54, 1.807) is 4.90 Å². The first-order valence-electron chi connectivity index (χ1n) is 11.3. The molecule has 1 aromatic heterocycles. The van der Waals surface area contributed by atoms with Crippen LogP contribution in [-0.4, -0.2) is 40.8 Å². The minimum atomic E-state index is -0.347. The molecule has 164 valence electrons. The van der Waals surface area contributed by atoms with Gasteiger partial charge in [-0.05, 0) is 69.0 Å². The summed E-state index contributed by atoms with van der Waals surface area (Å²) < 4.78 is 13.2. The highest BCUT2D eigenvalue weighted by molar-refractivity contribution is 5.96. The van der Waals surface area contributed by atoms with Gasteiger partial charge in [0.05, 0.1) is 11.3 Å². The molecule has 0 spiro atoms. The van der Waals surface area contributed by atoms with Gasteiger partial charge in [-0.25, -0.2) is 4.39 Å². The van der Waals surface area contributed by atoms with Gasteiger partial charge in [0, 0.05) is 36.3 Å². The van der Waals surface area contributed by atoms with Gasteiger partial charge in [0.25, 0.3) is 11.8 Å². The Bertz CT molecular complexity index is 930. The van der Waals surface area contributed by atoms with Crippen molar-refractivity contribution in [3.05, 3.63) is 64.7 Å². The zero-order chi connectivity index (χ0) is 21.8. The fourth-order valence-electron chi connectivity index (χ4n) is 4.72. The molecular weight excluding hydrogens is 393 g/mol. The molecule has 1 aliphatic carbocycles. The molecule has 2 aromatic rings. The number of likely N-dealkylation sites (tertiary alicyclic amines) is 1. The fraction of sp³-hybridized carbons (Fsp3) is 0.480. The lowest BCUT2D eigenvalue weighted by Gasteiger charge is -2.32. The summed E-state index contributed by atoms with van der Waals surface area (Å²) in [7, 11) is 0. The fourth-order valence-corrected chi connectivity index (χ4v) is 4.72. The third-order valence-corrected chi connectivity index (χ3v) is 6.51. The minimum Gasteiger partial charge on any atom is -0.349 e. The zero-order valence-corrected chi connectivity index (χ0v) is 18.1. The van der Waals surface area contributed by atoms with Crippen molar-refractivity contribution in [1.29, 1.82) is 0 Å². The van der Waals surface area contributed by atoms with E-state index in [0.29, 0.717) is 24.2 Å². The molecule has 0 unspecified atom stereocenters. The number of carbonyl (C=O) groups excluding carboxylic acids is 2. The highest BCUT2D eigenvalue weighted by Crippen LogP contribution is 2.30. The van der Waals surface area contributed by atoms with Crippen LogP contribution in [0.5, 0.6) is 0 Å². The highest BCUT2D eigenvalue weighted by atomic mass is 19.1. The Balaban J connectivity index is 1.44. The molecule has 2 amide bonds. The maximum Gasteiger partial charge on any atom is 0.253 e. The van der Waals surface area contributed by atoms with Gasteiger partial charge in [0.15, 0.2) is 0 Å². The average Bonchev–Trinajstić information content (AvgIpc) is 2.80. The van der Waals surface area contributed by atoms with Gasteiger partial charge in [0.1, 0.15) is 5.82 Å². The highest BCUT2D eigenvalue weighted by Gasteiger charge is 2.29. The van der Waals surface area contributed by atoms with E-state index in [1.807, 2.05) is 19.1 Å². The van der Waals surface area contributed by atoms with Crippen molar-refractivity contribution >= 4 is 11.8 Å². The smallest absolute Gasteiger partial charge is 0.253 e. The lowest BCUT2D eigenvalue weighted by molar-refractivity contribution is 0.0710. The normalized spacial score (nSPS) is 18.1. The Morgan fingerprint density at radius 2 is 1.65 bits per heavy atom. The number of halogens is 1. The van der Waals surface area contributed by atoms with Gasteiger partial charge < -0.3 is 10.2 Å². The first-order valence-corrected chi connectivity index (χ1v) is 11.3. The van der Waals surface area contributed by atoms with Gasteiger partial charge >= 0.3 is 0 Å². The number of benzene rings is 1. The summed E-state index contributed by atoms with van der Waals surface area (Å²) in [5, 5.41) is 3.21. The average molecular weight is 424 g/mol. The molecule has 1 saturated heterocycles. The molecule has 0 bridgehead atoms. The maximum atomic E-state index is 13.2. The van der Waals surface area contributed by atoms with Crippen molar-refractivity contribution < 1.29 is 14.0 Å². The van der Waals surface area contributed by atoms with Crippen molar-refractivity contribution in [3.8, 4) is 0 Å². The molecule has 2 heterocycles. The predicted octanol–water partition coefficient (Wildman–Crippen LogP) is 4.61. The summed E-state index contributed by atoms with van der Waals surface area (Å²) in [6.07, 6.45) is 7.20. The van der Waals surface area contributed by atoms with Gasteiger partial charge in [0.2, 0.25) is 0 Å².